The number of fused-ring (bicyclic) bond motifs is 1. The Balaban J connectivity index is 1.70. The van der Waals surface area contributed by atoms with Crippen molar-refractivity contribution < 1.29 is 4.74 Å². The average molecular weight is 282 g/mol. The minimum atomic E-state index is 0.222. The van der Waals surface area contributed by atoms with Gasteiger partial charge in [0, 0.05) is 12.5 Å². The van der Waals surface area contributed by atoms with Crippen LogP contribution in [0.2, 0.25) is 0 Å². The molecule has 0 aromatic heterocycles. The Kier molecular flexibility index (Phi) is 4.00. The van der Waals surface area contributed by atoms with Gasteiger partial charge in [0.1, 0.15) is 5.75 Å². The van der Waals surface area contributed by atoms with Gasteiger partial charge >= 0.3 is 0 Å². The Morgan fingerprint density at radius 2 is 2.05 bits per heavy atom. The first-order chi connectivity index (χ1) is 10.2. The second kappa shape index (κ2) is 6.08. The van der Waals surface area contributed by atoms with Gasteiger partial charge in [-0.25, -0.2) is 0 Å². The van der Waals surface area contributed by atoms with E-state index in [4.69, 9.17) is 10.5 Å². The van der Waals surface area contributed by atoms with Crippen LogP contribution in [0.1, 0.15) is 19.8 Å². The van der Waals surface area contributed by atoms with E-state index in [1.165, 1.54) is 10.8 Å². The topological polar surface area (TPSA) is 47.3 Å². The predicted molar refractivity (Wildman–Crippen MR) is 87.0 cm³/mol. The highest BCUT2D eigenvalue weighted by Gasteiger charge is 2.19. The molecule has 0 spiro atoms. The molecule has 1 aliphatic rings. The molecule has 0 aliphatic carbocycles. The van der Waals surface area contributed by atoms with Crippen molar-refractivity contribution in [2.24, 2.45) is 11.7 Å². The molecule has 0 bridgehead atoms. The van der Waals surface area contributed by atoms with E-state index in [9.17, 15) is 0 Å². The van der Waals surface area contributed by atoms with Crippen LogP contribution in [0.15, 0.2) is 54.4 Å². The lowest BCUT2D eigenvalue weighted by molar-refractivity contribution is 0.173. The molecule has 0 saturated carbocycles. The van der Waals surface area contributed by atoms with E-state index >= 15 is 0 Å². The number of ether oxygens (including phenoxy) is 1. The fourth-order valence-electron chi connectivity index (χ4n) is 2.84. The van der Waals surface area contributed by atoms with E-state index in [0.29, 0.717) is 5.92 Å². The minimum absolute atomic E-state index is 0.222. The standard InChI is InChI=1S/C18H22N2O/c1-2-16(9-13-10-18(19)20-12-13)21-17-8-7-14-5-3-4-6-15(14)11-17/h3-8,10-11,13,16,20H,2,9,12,19H2,1H3/t13-,16-/m0/s1. The Morgan fingerprint density at radius 1 is 1.24 bits per heavy atom. The van der Waals surface area contributed by atoms with E-state index in [0.717, 1.165) is 31.0 Å². The predicted octanol–water partition coefficient (Wildman–Crippen LogP) is 3.41. The molecule has 0 radical (unpaired) electrons. The molecule has 3 nitrogen and oxygen atoms in total. The average Bonchev–Trinajstić information content (AvgIpc) is 2.91. The fourth-order valence-corrected chi connectivity index (χ4v) is 2.84. The first kappa shape index (κ1) is 13.8. The maximum Gasteiger partial charge on any atom is 0.120 e. The fraction of sp³-hybridized carbons (Fsp3) is 0.333. The largest absolute Gasteiger partial charge is 0.490 e. The number of nitrogens with one attached hydrogen (secondary N) is 1. The lowest BCUT2D eigenvalue weighted by atomic mass is 10.0. The van der Waals surface area contributed by atoms with Crippen LogP contribution >= 0.6 is 0 Å². The summed E-state index contributed by atoms with van der Waals surface area (Å²) in [6, 6.07) is 14.6. The summed E-state index contributed by atoms with van der Waals surface area (Å²) in [4.78, 5) is 0. The molecule has 2 atom stereocenters. The Bertz CT molecular complexity index is 650. The molecule has 3 heteroatoms. The van der Waals surface area contributed by atoms with Crippen LogP contribution in [0.3, 0.4) is 0 Å². The Labute approximate surface area is 125 Å². The minimum Gasteiger partial charge on any atom is -0.490 e. The summed E-state index contributed by atoms with van der Waals surface area (Å²) in [6.45, 7) is 3.09. The number of nitrogens with two attached hydrogens (primary N) is 1. The quantitative estimate of drug-likeness (QED) is 0.883. The molecule has 1 aliphatic heterocycles. The summed E-state index contributed by atoms with van der Waals surface area (Å²) < 4.78 is 6.17. The molecule has 0 amide bonds. The highest BCUT2D eigenvalue weighted by atomic mass is 16.5. The Hall–Kier alpha value is -2.16. The molecular weight excluding hydrogens is 260 g/mol. The van der Waals surface area contributed by atoms with E-state index in [1.54, 1.807) is 0 Å². The van der Waals surface area contributed by atoms with Crippen LogP contribution < -0.4 is 15.8 Å². The SMILES string of the molecule is CC[C@@H](C[C@H]1C=C(N)NC1)Oc1ccc2ccccc2c1. The lowest BCUT2D eigenvalue weighted by Gasteiger charge is -2.20. The van der Waals surface area contributed by atoms with Gasteiger partial charge in [-0.3, -0.25) is 0 Å². The van der Waals surface area contributed by atoms with Gasteiger partial charge in [0.15, 0.2) is 0 Å². The third-order valence-electron chi connectivity index (χ3n) is 4.03. The van der Waals surface area contributed by atoms with Crippen molar-refractivity contribution in [3.05, 3.63) is 54.4 Å². The van der Waals surface area contributed by atoms with Gasteiger partial charge in [0.2, 0.25) is 0 Å². The number of hydrogen-bond donors (Lipinski definition) is 2. The van der Waals surface area contributed by atoms with Gasteiger partial charge in [-0.1, -0.05) is 37.3 Å². The van der Waals surface area contributed by atoms with E-state index < -0.39 is 0 Å². The van der Waals surface area contributed by atoms with Gasteiger partial charge in [-0.05, 0) is 41.8 Å². The second-order valence-corrected chi connectivity index (χ2v) is 5.66. The third kappa shape index (κ3) is 3.30. The molecule has 21 heavy (non-hydrogen) atoms. The van der Waals surface area contributed by atoms with Crippen molar-refractivity contribution in [2.45, 2.75) is 25.9 Å². The van der Waals surface area contributed by atoms with Gasteiger partial charge in [0.05, 0.1) is 11.9 Å². The number of rotatable bonds is 5. The summed E-state index contributed by atoms with van der Waals surface area (Å²) >= 11 is 0. The van der Waals surface area contributed by atoms with Crippen LogP contribution in [-0.4, -0.2) is 12.6 Å². The van der Waals surface area contributed by atoms with E-state index in [2.05, 4.69) is 60.8 Å². The summed E-state index contributed by atoms with van der Waals surface area (Å²) in [5.41, 5.74) is 5.77. The van der Waals surface area contributed by atoms with Crippen LogP contribution in [0.5, 0.6) is 5.75 Å². The van der Waals surface area contributed by atoms with Crippen LogP contribution in [0.25, 0.3) is 10.8 Å². The third-order valence-corrected chi connectivity index (χ3v) is 4.03. The first-order valence-electron chi connectivity index (χ1n) is 7.61. The van der Waals surface area contributed by atoms with Gasteiger partial charge in [-0.15, -0.1) is 0 Å². The van der Waals surface area contributed by atoms with E-state index in [-0.39, 0.29) is 6.10 Å². The summed E-state index contributed by atoms with van der Waals surface area (Å²) in [6.07, 6.45) is 4.32. The van der Waals surface area contributed by atoms with Gasteiger partial charge in [-0.2, -0.15) is 0 Å². The summed E-state index contributed by atoms with van der Waals surface area (Å²) in [5.74, 6) is 2.21. The maximum absolute atomic E-state index is 6.17. The van der Waals surface area contributed by atoms with Gasteiger partial charge < -0.3 is 15.8 Å². The van der Waals surface area contributed by atoms with Crippen molar-refractivity contribution in [3.8, 4) is 5.75 Å². The van der Waals surface area contributed by atoms with Crippen LogP contribution in [0, 0.1) is 5.92 Å². The molecule has 1 heterocycles. The van der Waals surface area contributed by atoms with Crippen molar-refractivity contribution in [2.75, 3.05) is 6.54 Å². The highest BCUT2D eigenvalue weighted by Crippen LogP contribution is 2.24. The molecule has 110 valence electrons. The van der Waals surface area contributed by atoms with Crippen molar-refractivity contribution in [1.29, 1.82) is 0 Å². The molecule has 0 fully saturated rings. The first-order valence-corrected chi connectivity index (χ1v) is 7.61. The summed E-state index contributed by atoms with van der Waals surface area (Å²) in [7, 11) is 0. The van der Waals surface area contributed by atoms with Crippen LogP contribution in [0.4, 0.5) is 0 Å². The monoisotopic (exact) mass is 282 g/mol. The maximum atomic E-state index is 6.17. The smallest absolute Gasteiger partial charge is 0.120 e. The molecule has 2 aromatic rings. The number of benzene rings is 2. The lowest BCUT2D eigenvalue weighted by Crippen LogP contribution is -2.22. The molecule has 0 unspecified atom stereocenters. The zero-order valence-electron chi connectivity index (χ0n) is 12.4. The molecule has 0 saturated heterocycles. The van der Waals surface area contributed by atoms with Crippen LogP contribution in [-0.2, 0) is 0 Å². The molecule has 3 rings (SSSR count). The highest BCUT2D eigenvalue weighted by molar-refractivity contribution is 5.83. The van der Waals surface area contributed by atoms with E-state index in [1.807, 2.05) is 0 Å². The zero-order chi connectivity index (χ0) is 14.7. The second-order valence-electron chi connectivity index (χ2n) is 5.66. The normalized spacial score (nSPS) is 19.1. The molecular formula is C18H22N2O. The molecule has 2 aromatic carbocycles. The zero-order valence-corrected chi connectivity index (χ0v) is 12.4. The van der Waals surface area contributed by atoms with Crippen molar-refractivity contribution >= 4 is 10.8 Å². The summed E-state index contributed by atoms with van der Waals surface area (Å²) in [5, 5.41) is 5.63. The number of hydrogen-bond acceptors (Lipinski definition) is 3. The Morgan fingerprint density at radius 3 is 2.76 bits per heavy atom. The van der Waals surface area contributed by atoms with Crippen molar-refractivity contribution in [3.63, 3.8) is 0 Å². The van der Waals surface area contributed by atoms with Gasteiger partial charge in [0.25, 0.3) is 0 Å². The molecule has 3 N–H and O–H groups in total. The van der Waals surface area contributed by atoms with Crippen molar-refractivity contribution in [1.82, 2.24) is 5.32 Å².